The molecule has 3 heterocycles. The number of ether oxygens (including phenoxy) is 1. The molecule has 8 nitrogen and oxygen atoms in total. The quantitative estimate of drug-likeness (QED) is 0.591. The summed E-state index contributed by atoms with van der Waals surface area (Å²) in [6.45, 7) is 3.71. The molecular weight excluding hydrogens is 450 g/mol. The minimum Gasteiger partial charge on any atom is -0.378 e. The molecule has 0 aliphatic carbocycles. The number of hydrogen-bond donors (Lipinski definition) is 1. The van der Waals surface area contributed by atoms with E-state index in [2.05, 4.69) is 36.1 Å². The molecule has 2 aromatic heterocycles. The minimum absolute atomic E-state index is 0.124. The molecule has 1 fully saturated rings. The van der Waals surface area contributed by atoms with Gasteiger partial charge < -0.3 is 15.0 Å². The van der Waals surface area contributed by atoms with E-state index in [-0.39, 0.29) is 24.4 Å². The fourth-order valence-electron chi connectivity index (χ4n) is 3.34. The molecule has 30 heavy (non-hydrogen) atoms. The summed E-state index contributed by atoms with van der Waals surface area (Å²) < 4.78 is 7.66. The number of benzene rings is 1. The Kier molecular flexibility index (Phi) is 6.39. The SMILES string of the molecule is O=C(CCn1cnc2ccc(Br)cc2c1=O)NCc1ccnc(N2CCOCC2)c1. The molecule has 1 N–H and O–H groups in total. The molecule has 1 saturated heterocycles. The monoisotopic (exact) mass is 471 g/mol. The van der Waals surface area contributed by atoms with Crippen LogP contribution in [-0.2, 0) is 22.6 Å². The number of carbonyl (C=O) groups is 1. The van der Waals surface area contributed by atoms with Crippen LogP contribution in [0.2, 0.25) is 0 Å². The minimum atomic E-state index is -0.154. The van der Waals surface area contributed by atoms with Crippen LogP contribution in [0.15, 0.2) is 52.1 Å². The number of pyridine rings is 1. The van der Waals surface area contributed by atoms with Gasteiger partial charge in [-0.1, -0.05) is 15.9 Å². The van der Waals surface area contributed by atoms with Crippen molar-refractivity contribution >= 4 is 38.6 Å². The van der Waals surface area contributed by atoms with E-state index < -0.39 is 0 Å². The predicted molar refractivity (Wildman–Crippen MR) is 117 cm³/mol. The van der Waals surface area contributed by atoms with E-state index in [9.17, 15) is 9.59 Å². The van der Waals surface area contributed by atoms with Gasteiger partial charge in [0.25, 0.3) is 5.56 Å². The van der Waals surface area contributed by atoms with Gasteiger partial charge in [0.1, 0.15) is 5.82 Å². The first-order valence-electron chi connectivity index (χ1n) is 9.79. The number of carbonyl (C=O) groups excluding carboxylic acids is 1. The first kappa shape index (κ1) is 20.5. The molecule has 1 aromatic carbocycles. The highest BCUT2D eigenvalue weighted by Gasteiger charge is 2.13. The number of morpholine rings is 1. The number of anilines is 1. The van der Waals surface area contributed by atoms with E-state index in [1.165, 1.54) is 10.9 Å². The highest BCUT2D eigenvalue weighted by molar-refractivity contribution is 9.10. The van der Waals surface area contributed by atoms with E-state index in [1.807, 2.05) is 18.2 Å². The highest BCUT2D eigenvalue weighted by Crippen LogP contribution is 2.15. The second-order valence-electron chi connectivity index (χ2n) is 7.05. The van der Waals surface area contributed by atoms with Crippen molar-refractivity contribution in [3.8, 4) is 0 Å². The Balaban J connectivity index is 1.34. The number of amides is 1. The maximum atomic E-state index is 12.6. The first-order chi connectivity index (χ1) is 14.6. The van der Waals surface area contributed by atoms with Gasteiger partial charge >= 0.3 is 0 Å². The standard InChI is InChI=1S/C21H22BrN5O3/c22-16-1-2-18-17(12-16)21(29)27(14-25-18)6-4-20(28)24-13-15-3-5-23-19(11-15)26-7-9-30-10-8-26/h1-3,5,11-12,14H,4,6-10,13H2,(H,24,28). The van der Waals surface area contributed by atoms with E-state index in [4.69, 9.17) is 4.74 Å². The van der Waals surface area contributed by atoms with Crippen LogP contribution < -0.4 is 15.8 Å². The van der Waals surface area contributed by atoms with Crippen LogP contribution in [0, 0.1) is 0 Å². The van der Waals surface area contributed by atoms with Gasteiger partial charge in [-0.3, -0.25) is 14.2 Å². The zero-order valence-electron chi connectivity index (χ0n) is 16.4. The molecule has 1 aliphatic rings. The summed E-state index contributed by atoms with van der Waals surface area (Å²) in [5.41, 5.74) is 1.46. The Morgan fingerprint density at radius 1 is 1.17 bits per heavy atom. The summed E-state index contributed by atoms with van der Waals surface area (Å²) in [6.07, 6.45) is 3.44. The number of nitrogens with zero attached hydrogens (tertiary/aromatic N) is 4. The number of aryl methyl sites for hydroxylation is 1. The molecule has 3 aromatic rings. The van der Waals surface area contributed by atoms with Gasteiger partial charge in [-0.15, -0.1) is 0 Å². The molecular formula is C21H22BrN5O3. The van der Waals surface area contributed by atoms with Crippen LogP contribution in [0.4, 0.5) is 5.82 Å². The third-order valence-electron chi connectivity index (χ3n) is 5.00. The van der Waals surface area contributed by atoms with Crippen molar-refractivity contribution < 1.29 is 9.53 Å². The Morgan fingerprint density at radius 3 is 2.83 bits per heavy atom. The average Bonchev–Trinajstić information content (AvgIpc) is 2.78. The average molecular weight is 472 g/mol. The Bertz CT molecular complexity index is 1110. The van der Waals surface area contributed by atoms with Crippen LogP contribution in [0.1, 0.15) is 12.0 Å². The van der Waals surface area contributed by atoms with Gasteiger partial charge in [0.05, 0.1) is 30.4 Å². The Labute approximate surface area is 182 Å². The summed E-state index contributed by atoms with van der Waals surface area (Å²) in [5.74, 6) is 0.769. The zero-order chi connectivity index (χ0) is 20.9. The van der Waals surface area contributed by atoms with Gasteiger partial charge in [-0.2, -0.15) is 0 Å². The van der Waals surface area contributed by atoms with Crippen LogP contribution in [0.5, 0.6) is 0 Å². The normalized spacial score (nSPS) is 14.1. The van der Waals surface area contributed by atoms with Gasteiger partial charge in [0.2, 0.25) is 5.91 Å². The van der Waals surface area contributed by atoms with Crippen molar-refractivity contribution in [2.75, 3.05) is 31.2 Å². The zero-order valence-corrected chi connectivity index (χ0v) is 18.0. The predicted octanol–water partition coefficient (Wildman–Crippen LogP) is 2.10. The number of nitrogens with one attached hydrogen (secondary N) is 1. The molecule has 156 valence electrons. The summed E-state index contributed by atoms with van der Waals surface area (Å²) in [5, 5.41) is 3.44. The molecule has 0 bridgehead atoms. The van der Waals surface area contributed by atoms with Crippen LogP contribution in [0.3, 0.4) is 0 Å². The number of aromatic nitrogens is 3. The van der Waals surface area contributed by atoms with Crippen LogP contribution in [-0.4, -0.2) is 46.7 Å². The van der Waals surface area contributed by atoms with E-state index in [0.717, 1.165) is 28.9 Å². The molecule has 0 spiro atoms. The molecule has 0 radical (unpaired) electrons. The summed E-state index contributed by atoms with van der Waals surface area (Å²) in [6, 6.07) is 9.26. The molecule has 4 rings (SSSR count). The number of rotatable bonds is 6. The second kappa shape index (κ2) is 9.36. The number of hydrogen-bond acceptors (Lipinski definition) is 6. The van der Waals surface area contributed by atoms with Crippen molar-refractivity contribution in [3.05, 3.63) is 63.2 Å². The number of fused-ring (bicyclic) bond motifs is 1. The summed E-state index contributed by atoms with van der Waals surface area (Å²) in [7, 11) is 0. The van der Waals surface area contributed by atoms with Gasteiger partial charge in [0.15, 0.2) is 0 Å². The van der Waals surface area contributed by atoms with E-state index in [1.54, 1.807) is 18.3 Å². The lowest BCUT2D eigenvalue weighted by molar-refractivity contribution is -0.121. The summed E-state index contributed by atoms with van der Waals surface area (Å²) in [4.78, 5) is 35.8. The highest BCUT2D eigenvalue weighted by atomic mass is 79.9. The smallest absolute Gasteiger partial charge is 0.261 e. The topological polar surface area (TPSA) is 89.3 Å². The van der Waals surface area contributed by atoms with Crippen molar-refractivity contribution in [1.29, 1.82) is 0 Å². The lowest BCUT2D eigenvalue weighted by Gasteiger charge is -2.28. The van der Waals surface area contributed by atoms with Crippen LogP contribution in [0.25, 0.3) is 10.9 Å². The van der Waals surface area contributed by atoms with E-state index in [0.29, 0.717) is 30.7 Å². The van der Waals surface area contributed by atoms with Gasteiger partial charge in [0, 0.05) is 43.3 Å². The Morgan fingerprint density at radius 2 is 2.00 bits per heavy atom. The summed E-state index contributed by atoms with van der Waals surface area (Å²) >= 11 is 3.37. The third-order valence-corrected chi connectivity index (χ3v) is 5.49. The van der Waals surface area contributed by atoms with Gasteiger partial charge in [-0.05, 0) is 35.9 Å². The lowest BCUT2D eigenvalue weighted by Crippen LogP contribution is -2.36. The second-order valence-corrected chi connectivity index (χ2v) is 7.97. The molecule has 1 amide bonds. The number of halogens is 1. The molecule has 0 saturated carbocycles. The van der Waals surface area contributed by atoms with E-state index >= 15 is 0 Å². The maximum Gasteiger partial charge on any atom is 0.261 e. The third kappa shape index (κ3) is 4.85. The van der Waals surface area contributed by atoms with Crippen molar-refractivity contribution in [2.24, 2.45) is 0 Å². The van der Waals surface area contributed by atoms with Gasteiger partial charge in [-0.25, -0.2) is 9.97 Å². The molecule has 9 heteroatoms. The first-order valence-corrected chi connectivity index (χ1v) is 10.6. The lowest BCUT2D eigenvalue weighted by atomic mass is 10.2. The molecule has 1 aliphatic heterocycles. The fraction of sp³-hybridized carbons (Fsp3) is 0.333. The molecule has 0 atom stereocenters. The van der Waals surface area contributed by atoms with Crippen molar-refractivity contribution in [1.82, 2.24) is 19.9 Å². The Hall–Kier alpha value is -2.78. The van der Waals surface area contributed by atoms with Crippen molar-refractivity contribution in [3.63, 3.8) is 0 Å². The fourth-order valence-corrected chi connectivity index (χ4v) is 3.70. The molecule has 0 unspecified atom stereocenters. The largest absolute Gasteiger partial charge is 0.378 e. The van der Waals surface area contributed by atoms with Crippen molar-refractivity contribution in [2.45, 2.75) is 19.5 Å². The maximum absolute atomic E-state index is 12.6. The van der Waals surface area contributed by atoms with Crippen LogP contribution >= 0.6 is 15.9 Å².